The van der Waals surface area contributed by atoms with Crippen molar-refractivity contribution in [3.8, 4) is 0 Å². The second-order valence-corrected chi connectivity index (χ2v) is 7.14. The fourth-order valence-corrected chi connectivity index (χ4v) is 3.41. The topological polar surface area (TPSA) is 52.7 Å². The summed E-state index contributed by atoms with van der Waals surface area (Å²) in [4.78, 5) is 28.5. The summed E-state index contributed by atoms with van der Waals surface area (Å²) in [6.07, 6.45) is 0.524. The zero-order valence-electron chi connectivity index (χ0n) is 15.0. The molecule has 27 heavy (non-hydrogen) atoms. The molecule has 0 spiro atoms. The van der Waals surface area contributed by atoms with Gasteiger partial charge < -0.3 is 15.1 Å². The average molecular weight is 406 g/mol. The molecule has 0 aliphatic carbocycles. The summed E-state index contributed by atoms with van der Waals surface area (Å²) in [5.41, 5.74) is 2.11. The van der Waals surface area contributed by atoms with Gasteiger partial charge in [-0.05, 0) is 30.3 Å². The Bertz CT molecular complexity index is 849. The van der Waals surface area contributed by atoms with Gasteiger partial charge in [-0.2, -0.15) is 0 Å². The largest absolute Gasteiger partial charge is 0.366 e. The second kappa shape index (κ2) is 8.63. The predicted octanol–water partition coefficient (Wildman–Crippen LogP) is 4.30. The molecule has 0 bridgehead atoms. The third-order valence-corrected chi connectivity index (χ3v) is 5.35. The molecule has 2 aromatic rings. The lowest BCUT2D eigenvalue weighted by Crippen LogP contribution is -2.48. The number of carbonyl (C=O) groups is 2. The third-order valence-electron chi connectivity index (χ3n) is 4.61. The van der Waals surface area contributed by atoms with Crippen LogP contribution >= 0.6 is 23.2 Å². The number of amides is 2. The molecule has 0 atom stereocenters. The number of anilines is 2. The Morgan fingerprint density at radius 2 is 1.70 bits per heavy atom. The maximum absolute atomic E-state index is 12.6. The minimum Gasteiger partial charge on any atom is -0.366 e. The molecular weight excluding hydrogens is 385 g/mol. The standard InChI is InChI=1S/C20H21Cl2N3O2/c1-2-19(26)25-11-9-24(10-12-25)18-6-4-3-5-17(18)23-20(27)14-7-8-15(21)16(22)13-14/h3-8,13H,2,9-12H2,1H3,(H,23,27). The van der Waals surface area contributed by atoms with E-state index < -0.39 is 0 Å². The van der Waals surface area contributed by atoms with Crippen LogP contribution in [0.3, 0.4) is 0 Å². The molecule has 0 radical (unpaired) electrons. The highest BCUT2D eigenvalue weighted by atomic mass is 35.5. The molecule has 2 aromatic carbocycles. The zero-order valence-corrected chi connectivity index (χ0v) is 16.6. The summed E-state index contributed by atoms with van der Waals surface area (Å²) < 4.78 is 0. The molecule has 1 fully saturated rings. The van der Waals surface area contributed by atoms with Crippen LogP contribution in [-0.2, 0) is 4.79 Å². The van der Waals surface area contributed by atoms with Crippen molar-refractivity contribution < 1.29 is 9.59 Å². The first-order valence-corrected chi connectivity index (χ1v) is 9.63. The van der Waals surface area contributed by atoms with Gasteiger partial charge >= 0.3 is 0 Å². The lowest BCUT2D eigenvalue weighted by atomic mass is 10.1. The Morgan fingerprint density at radius 3 is 2.37 bits per heavy atom. The number of carbonyl (C=O) groups excluding carboxylic acids is 2. The van der Waals surface area contributed by atoms with Crippen molar-refractivity contribution in [3.63, 3.8) is 0 Å². The lowest BCUT2D eigenvalue weighted by molar-refractivity contribution is -0.131. The molecular formula is C20H21Cl2N3O2. The number of para-hydroxylation sites is 2. The van der Waals surface area contributed by atoms with E-state index in [0.717, 1.165) is 24.5 Å². The molecule has 1 saturated heterocycles. The van der Waals surface area contributed by atoms with E-state index in [2.05, 4.69) is 10.2 Å². The fourth-order valence-electron chi connectivity index (χ4n) is 3.11. The quantitative estimate of drug-likeness (QED) is 0.824. The van der Waals surface area contributed by atoms with Crippen LogP contribution in [0.25, 0.3) is 0 Å². The summed E-state index contributed by atoms with van der Waals surface area (Å²) in [7, 11) is 0. The number of hydrogen-bond acceptors (Lipinski definition) is 3. The summed E-state index contributed by atoms with van der Waals surface area (Å²) in [5, 5.41) is 3.71. The Balaban J connectivity index is 1.74. The number of nitrogens with one attached hydrogen (secondary N) is 1. The van der Waals surface area contributed by atoms with Gasteiger partial charge in [-0.25, -0.2) is 0 Å². The van der Waals surface area contributed by atoms with Crippen LogP contribution in [0.15, 0.2) is 42.5 Å². The van der Waals surface area contributed by atoms with Crippen LogP contribution in [-0.4, -0.2) is 42.9 Å². The van der Waals surface area contributed by atoms with Crippen molar-refractivity contribution in [1.29, 1.82) is 0 Å². The van der Waals surface area contributed by atoms with Gasteiger partial charge in [0.15, 0.2) is 0 Å². The number of nitrogens with zero attached hydrogens (tertiary/aromatic N) is 2. The molecule has 1 heterocycles. The van der Waals surface area contributed by atoms with Crippen molar-refractivity contribution in [3.05, 3.63) is 58.1 Å². The first-order chi connectivity index (χ1) is 13.0. The molecule has 1 aliphatic heterocycles. The van der Waals surface area contributed by atoms with Gasteiger partial charge in [-0.1, -0.05) is 42.3 Å². The monoisotopic (exact) mass is 405 g/mol. The number of halogens is 2. The summed E-state index contributed by atoms with van der Waals surface area (Å²) >= 11 is 11.9. The van der Waals surface area contributed by atoms with Crippen molar-refractivity contribution in [2.75, 3.05) is 36.4 Å². The van der Waals surface area contributed by atoms with Crippen LogP contribution in [0.4, 0.5) is 11.4 Å². The summed E-state index contributed by atoms with van der Waals surface area (Å²) in [6.45, 7) is 4.70. The molecule has 1 aliphatic rings. The van der Waals surface area contributed by atoms with E-state index in [4.69, 9.17) is 23.2 Å². The first kappa shape index (κ1) is 19.5. The van der Waals surface area contributed by atoms with Gasteiger partial charge in [0.1, 0.15) is 0 Å². The van der Waals surface area contributed by atoms with E-state index in [1.807, 2.05) is 36.1 Å². The van der Waals surface area contributed by atoms with Crippen LogP contribution < -0.4 is 10.2 Å². The second-order valence-electron chi connectivity index (χ2n) is 6.32. The number of piperazine rings is 1. The highest BCUT2D eigenvalue weighted by Gasteiger charge is 2.22. The van der Waals surface area contributed by atoms with E-state index in [-0.39, 0.29) is 11.8 Å². The van der Waals surface area contributed by atoms with Crippen molar-refractivity contribution in [2.45, 2.75) is 13.3 Å². The highest BCUT2D eigenvalue weighted by Crippen LogP contribution is 2.28. The number of hydrogen-bond donors (Lipinski definition) is 1. The third kappa shape index (κ3) is 4.54. The maximum atomic E-state index is 12.6. The van der Waals surface area contributed by atoms with E-state index in [9.17, 15) is 9.59 Å². The fraction of sp³-hybridized carbons (Fsp3) is 0.300. The lowest BCUT2D eigenvalue weighted by Gasteiger charge is -2.36. The molecule has 5 nitrogen and oxygen atoms in total. The first-order valence-electron chi connectivity index (χ1n) is 8.87. The van der Waals surface area contributed by atoms with Gasteiger partial charge in [-0.3, -0.25) is 9.59 Å². The Kier molecular flexibility index (Phi) is 6.24. The van der Waals surface area contributed by atoms with Gasteiger partial charge in [0.05, 0.1) is 21.4 Å². The Hall–Kier alpha value is -2.24. The van der Waals surface area contributed by atoms with Gasteiger partial charge in [0, 0.05) is 38.2 Å². The molecule has 142 valence electrons. The number of benzene rings is 2. The molecule has 2 amide bonds. The number of rotatable bonds is 4. The molecule has 0 aromatic heterocycles. The van der Waals surface area contributed by atoms with Crippen molar-refractivity contribution in [2.24, 2.45) is 0 Å². The van der Waals surface area contributed by atoms with Gasteiger partial charge in [0.25, 0.3) is 5.91 Å². The van der Waals surface area contributed by atoms with Gasteiger partial charge in [-0.15, -0.1) is 0 Å². The highest BCUT2D eigenvalue weighted by molar-refractivity contribution is 6.42. The van der Waals surface area contributed by atoms with E-state index in [1.165, 1.54) is 0 Å². The maximum Gasteiger partial charge on any atom is 0.255 e. The normalized spacial score (nSPS) is 14.2. The van der Waals surface area contributed by atoms with Crippen LogP contribution in [0.5, 0.6) is 0 Å². The molecule has 3 rings (SSSR count). The van der Waals surface area contributed by atoms with Crippen molar-refractivity contribution >= 4 is 46.4 Å². The molecule has 1 N–H and O–H groups in total. The zero-order chi connectivity index (χ0) is 19.4. The molecule has 7 heteroatoms. The molecule has 0 saturated carbocycles. The summed E-state index contributed by atoms with van der Waals surface area (Å²) in [6, 6.07) is 12.5. The van der Waals surface area contributed by atoms with E-state index in [1.54, 1.807) is 18.2 Å². The predicted molar refractivity (Wildman–Crippen MR) is 110 cm³/mol. The average Bonchev–Trinajstić information content (AvgIpc) is 2.70. The van der Waals surface area contributed by atoms with Crippen LogP contribution in [0.1, 0.15) is 23.7 Å². The Labute approximate surface area is 168 Å². The minimum absolute atomic E-state index is 0.177. The minimum atomic E-state index is -0.249. The summed E-state index contributed by atoms with van der Waals surface area (Å²) in [5.74, 6) is -0.0725. The molecule has 0 unspecified atom stereocenters. The van der Waals surface area contributed by atoms with Crippen molar-refractivity contribution in [1.82, 2.24) is 4.90 Å². The smallest absolute Gasteiger partial charge is 0.255 e. The Morgan fingerprint density at radius 1 is 1.00 bits per heavy atom. The van der Waals surface area contributed by atoms with Crippen LogP contribution in [0, 0.1) is 0 Å². The van der Waals surface area contributed by atoms with E-state index >= 15 is 0 Å². The van der Waals surface area contributed by atoms with E-state index in [0.29, 0.717) is 35.1 Å². The van der Waals surface area contributed by atoms with Crippen LogP contribution in [0.2, 0.25) is 10.0 Å². The SMILES string of the molecule is CCC(=O)N1CCN(c2ccccc2NC(=O)c2ccc(Cl)c(Cl)c2)CC1. The van der Waals surface area contributed by atoms with Gasteiger partial charge in [0.2, 0.25) is 5.91 Å².